The van der Waals surface area contributed by atoms with Crippen LogP contribution in [-0.4, -0.2) is 16.6 Å². The Labute approximate surface area is 98.0 Å². The molecule has 0 radical (unpaired) electrons. The fourth-order valence-electron chi connectivity index (χ4n) is 1.58. The van der Waals surface area contributed by atoms with Gasteiger partial charge in [-0.05, 0) is 25.0 Å². The first-order valence-corrected chi connectivity index (χ1v) is 6.21. The topological polar surface area (TPSA) is 17.1 Å². The largest absolute Gasteiger partial charge is 1.00 e. The Hall–Kier alpha value is -0.280. The van der Waals surface area contributed by atoms with Crippen molar-refractivity contribution in [3.8, 4) is 0 Å². The van der Waals surface area contributed by atoms with Gasteiger partial charge in [0.05, 0.1) is 16.5 Å². The Bertz CT molecular complexity index is 293. The van der Waals surface area contributed by atoms with Crippen molar-refractivity contribution in [3.05, 3.63) is 35.9 Å². The second-order valence-electron chi connectivity index (χ2n) is 3.26. The molecule has 3 heteroatoms. The Morgan fingerprint density at radius 1 is 1.07 bits per heavy atom. The van der Waals surface area contributed by atoms with Gasteiger partial charge in [-0.15, -0.1) is 0 Å². The van der Waals surface area contributed by atoms with Crippen LogP contribution in [-0.2, 0) is 10.9 Å². The molecule has 1 aliphatic heterocycles. The van der Waals surface area contributed by atoms with Crippen LogP contribution in [0.3, 0.4) is 0 Å². The van der Waals surface area contributed by atoms with Crippen molar-refractivity contribution in [2.75, 3.05) is 11.5 Å². The highest BCUT2D eigenvalue weighted by Gasteiger charge is 2.33. The van der Waals surface area contributed by atoms with E-state index < -0.39 is 0 Å². The van der Waals surface area contributed by atoms with E-state index in [4.69, 9.17) is 0 Å². The van der Waals surface area contributed by atoms with Crippen LogP contribution in [0.1, 0.15) is 23.2 Å². The molecule has 0 spiro atoms. The van der Waals surface area contributed by atoms with Gasteiger partial charge in [-0.1, -0.05) is 18.2 Å². The van der Waals surface area contributed by atoms with E-state index in [2.05, 4.69) is 0 Å². The van der Waals surface area contributed by atoms with Crippen LogP contribution in [0.5, 0.6) is 0 Å². The van der Waals surface area contributed by atoms with E-state index in [1.54, 1.807) is 0 Å². The molecule has 0 aromatic heterocycles. The monoisotopic (exact) mass is 272 g/mol. The van der Waals surface area contributed by atoms with Crippen LogP contribution >= 0.6 is 0 Å². The zero-order chi connectivity index (χ0) is 9.10. The summed E-state index contributed by atoms with van der Waals surface area (Å²) >= 11 is 0. The van der Waals surface area contributed by atoms with Gasteiger partial charge in [0.25, 0.3) is 0 Å². The Morgan fingerprint density at radius 2 is 1.64 bits per heavy atom. The van der Waals surface area contributed by atoms with E-state index in [1.165, 1.54) is 12.8 Å². The molecule has 0 saturated carbocycles. The third-order valence-electron chi connectivity index (χ3n) is 2.30. The third kappa shape index (κ3) is 2.61. The maximum absolute atomic E-state index is 11.9. The van der Waals surface area contributed by atoms with E-state index in [-0.39, 0.29) is 27.9 Å². The molecule has 1 aromatic rings. The van der Waals surface area contributed by atoms with E-state index >= 15 is 0 Å². The van der Waals surface area contributed by atoms with Crippen molar-refractivity contribution < 1.29 is 21.8 Å². The number of carbonyl (C=O) groups is 1. The van der Waals surface area contributed by atoms with Gasteiger partial charge >= 0.3 is 5.12 Å². The van der Waals surface area contributed by atoms with Crippen LogP contribution in [0.4, 0.5) is 0 Å². The Balaban J connectivity index is 0.000000980. The first kappa shape index (κ1) is 11.8. The maximum Gasteiger partial charge on any atom is 0.361 e. The molecular formula is C11H13BrOS. The van der Waals surface area contributed by atoms with E-state index in [1.807, 2.05) is 30.3 Å². The molecule has 1 aromatic carbocycles. The number of hydrogen-bond acceptors (Lipinski definition) is 1. The molecule has 14 heavy (non-hydrogen) atoms. The highest BCUT2D eigenvalue weighted by molar-refractivity contribution is 8.11. The normalized spacial score (nSPS) is 16.3. The van der Waals surface area contributed by atoms with Crippen molar-refractivity contribution in [1.29, 1.82) is 0 Å². The minimum Gasteiger partial charge on any atom is -1.00 e. The van der Waals surface area contributed by atoms with Gasteiger partial charge in [0.2, 0.25) is 0 Å². The molecule has 76 valence electrons. The molecule has 0 amide bonds. The Morgan fingerprint density at radius 3 is 2.21 bits per heavy atom. The highest BCUT2D eigenvalue weighted by Crippen LogP contribution is 2.18. The summed E-state index contributed by atoms with van der Waals surface area (Å²) in [5.74, 6) is 2.24. The number of carbonyl (C=O) groups excluding carboxylic acids is 1. The van der Waals surface area contributed by atoms with E-state index in [0.29, 0.717) is 5.12 Å². The quantitative estimate of drug-likeness (QED) is 0.615. The van der Waals surface area contributed by atoms with Crippen molar-refractivity contribution >= 4 is 16.0 Å². The molecule has 0 aliphatic carbocycles. The first-order valence-electron chi connectivity index (χ1n) is 4.65. The van der Waals surface area contributed by atoms with Crippen molar-refractivity contribution in [2.24, 2.45) is 0 Å². The average Bonchev–Trinajstić information content (AvgIpc) is 2.71. The van der Waals surface area contributed by atoms with Gasteiger partial charge < -0.3 is 17.0 Å². The van der Waals surface area contributed by atoms with Gasteiger partial charge in [-0.2, -0.15) is 0 Å². The van der Waals surface area contributed by atoms with Gasteiger partial charge in [0.1, 0.15) is 11.5 Å². The third-order valence-corrected chi connectivity index (χ3v) is 4.63. The van der Waals surface area contributed by atoms with Crippen molar-refractivity contribution in [3.63, 3.8) is 0 Å². The summed E-state index contributed by atoms with van der Waals surface area (Å²) in [5, 5.41) is 0.373. The SMILES string of the molecule is O=C(c1ccccc1)[S+]1CCCC1.[Br-]. The predicted octanol–water partition coefficient (Wildman–Crippen LogP) is -0.757. The van der Waals surface area contributed by atoms with E-state index in [9.17, 15) is 4.79 Å². The van der Waals surface area contributed by atoms with E-state index in [0.717, 1.165) is 17.1 Å². The molecular weight excluding hydrogens is 260 g/mol. The second kappa shape index (κ2) is 5.56. The summed E-state index contributed by atoms with van der Waals surface area (Å²) in [4.78, 5) is 11.9. The molecule has 2 rings (SSSR count). The summed E-state index contributed by atoms with van der Waals surface area (Å²) in [7, 11) is 0.0381. The molecule has 1 saturated heterocycles. The molecule has 0 unspecified atom stereocenters. The van der Waals surface area contributed by atoms with Crippen LogP contribution < -0.4 is 17.0 Å². The molecule has 0 atom stereocenters. The van der Waals surface area contributed by atoms with Gasteiger partial charge in [-0.25, -0.2) is 4.79 Å². The molecule has 1 nitrogen and oxygen atoms in total. The molecule has 0 N–H and O–H groups in total. The summed E-state index contributed by atoms with van der Waals surface area (Å²) < 4.78 is 0. The number of rotatable bonds is 1. The zero-order valence-electron chi connectivity index (χ0n) is 7.91. The summed E-state index contributed by atoms with van der Waals surface area (Å²) in [6, 6.07) is 9.68. The minimum absolute atomic E-state index is 0. The fourth-order valence-corrected chi connectivity index (χ4v) is 3.73. The van der Waals surface area contributed by atoms with Crippen LogP contribution in [0.2, 0.25) is 0 Å². The zero-order valence-corrected chi connectivity index (χ0v) is 10.3. The summed E-state index contributed by atoms with van der Waals surface area (Å²) in [6.07, 6.45) is 2.48. The number of halogens is 1. The number of benzene rings is 1. The highest BCUT2D eigenvalue weighted by atomic mass is 79.9. The van der Waals surface area contributed by atoms with Crippen LogP contribution in [0.15, 0.2) is 30.3 Å². The van der Waals surface area contributed by atoms with Crippen molar-refractivity contribution in [2.45, 2.75) is 12.8 Å². The maximum atomic E-state index is 11.9. The predicted molar refractivity (Wildman–Crippen MR) is 57.1 cm³/mol. The molecule has 1 aliphatic rings. The average molecular weight is 273 g/mol. The lowest BCUT2D eigenvalue weighted by atomic mass is 10.2. The fraction of sp³-hybridized carbons (Fsp3) is 0.364. The minimum atomic E-state index is 0. The molecule has 1 fully saturated rings. The summed E-state index contributed by atoms with van der Waals surface area (Å²) in [6.45, 7) is 0. The standard InChI is InChI=1S/C11H13OS.BrH/c12-11(13-8-4-5-9-13)10-6-2-1-3-7-10;/h1-3,6-7H,4-5,8-9H2;1H/q+1;/p-1. The molecule has 0 bridgehead atoms. The van der Waals surface area contributed by atoms with Gasteiger partial charge in [0.15, 0.2) is 0 Å². The van der Waals surface area contributed by atoms with Gasteiger partial charge in [-0.3, -0.25) is 0 Å². The Kier molecular flexibility index (Phi) is 4.69. The van der Waals surface area contributed by atoms with Crippen LogP contribution in [0.25, 0.3) is 0 Å². The lowest BCUT2D eigenvalue weighted by Crippen LogP contribution is -3.00. The smallest absolute Gasteiger partial charge is 0.361 e. The van der Waals surface area contributed by atoms with Gasteiger partial charge in [0, 0.05) is 0 Å². The van der Waals surface area contributed by atoms with Crippen LogP contribution in [0, 0.1) is 0 Å². The summed E-state index contributed by atoms with van der Waals surface area (Å²) in [5.41, 5.74) is 0.896. The number of hydrogen-bond donors (Lipinski definition) is 0. The second-order valence-corrected chi connectivity index (χ2v) is 5.43. The first-order chi connectivity index (χ1) is 6.38. The molecule has 1 heterocycles. The lowest BCUT2D eigenvalue weighted by molar-refractivity contribution is -0.00000932. The lowest BCUT2D eigenvalue weighted by Gasteiger charge is -1.97. The van der Waals surface area contributed by atoms with Crippen molar-refractivity contribution in [1.82, 2.24) is 0 Å².